The van der Waals surface area contributed by atoms with Crippen LogP contribution in [0.2, 0.25) is 0 Å². The molecule has 5 aliphatic carbocycles. The number of carbonyl (C=O) groups excluding carboxylic acids is 1. The van der Waals surface area contributed by atoms with Gasteiger partial charge in [0.15, 0.2) is 31.3 Å². The summed E-state index contributed by atoms with van der Waals surface area (Å²) in [6.07, 6.45) is -29.8. The molecule has 9 rings (SSSR count). The number of rotatable bonds is 14. The summed E-state index contributed by atoms with van der Waals surface area (Å²) in [5, 5.41) is 154. The molecule has 29 unspecified atom stereocenters. The van der Waals surface area contributed by atoms with Crippen LogP contribution in [0.5, 0.6) is 0 Å². The summed E-state index contributed by atoms with van der Waals surface area (Å²) >= 11 is 0. The third kappa shape index (κ3) is 10.8. The Kier molecular flexibility index (Phi) is 18.7. The van der Waals surface area contributed by atoms with Gasteiger partial charge in [0.25, 0.3) is 0 Å². The average Bonchev–Trinajstić information content (AvgIpc) is 0.728. The van der Waals surface area contributed by atoms with Gasteiger partial charge < -0.3 is 114 Å². The van der Waals surface area contributed by atoms with Gasteiger partial charge in [-0.2, -0.15) is 0 Å². The lowest BCUT2D eigenvalue weighted by Gasteiger charge is -2.72. The summed E-state index contributed by atoms with van der Waals surface area (Å²) in [7, 11) is 0. The number of esters is 1. The van der Waals surface area contributed by atoms with Gasteiger partial charge in [-0.1, -0.05) is 66.2 Å². The van der Waals surface area contributed by atoms with E-state index < -0.39 is 183 Å². The minimum absolute atomic E-state index is 0.0572. The standard InChI is InChI=1S/C58H92O25/c1-10-24(2)48(74)78-34-19-53(3,4)17-26-25-11-12-31-55(7)15-14-33(54(5,6)30(55)13-16-56(31,8)57(25,9)18-32(63)58(26,34)23-61)79-52-45(82-50-41(70)39(68)37(66)29(21-60)77-50)42(71)43(46(83-52)47(72)73)80-51-44(35(64)27(62)22-75-51)81-49-40(69)38(67)36(65)28(20-59)76-49/h10-11,26-46,49-52,59-71H,12-23H2,1-9H3,(H,72,73)/b24-10+. The van der Waals surface area contributed by atoms with Crippen molar-refractivity contribution < 1.29 is 124 Å². The molecule has 9 aliphatic rings. The van der Waals surface area contributed by atoms with Crippen LogP contribution in [-0.2, 0) is 52.2 Å². The van der Waals surface area contributed by atoms with Crippen LogP contribution in [0.15, 0.2) is 23.3 Å². The second kappa shape index (κ2) is 23.8. The monoisotopic (exact) mass is 1190 g/mol. The molecule has 0 spiro atoms. The molecule has 14 N–H and O–H groups in total. The van der Waals surface area contributed by atoms with Gasteiger partial charge in [0.1, 0.15) is 91.6 Å². The third-order valence-electron chi connectivity index (χ3n) is 22.1. The van der Waals surface area contributed by atoms with Crippen LogP contribution in [0.3, 0.4) is 0 Å². The highest BCUT2D eigenvalue weighted by molar-refractivity contribution is 5.87. The van der Waals surface area contributed by atoms with E-state index in [-0.39, 0.29) is 40.6 Å². The number of aliphatic carboxylic acids is 1. The largest absolute Gasteiger partial charge is 0.479 e. The van der Waals surface area contributed by atoms with Crippen LogP contribution in [0.4, 0.5) is 0 Å². The van der Waals surface area contributed by atoms with Crippen molar-refractivity contribution in [2.75, 3.05) is 26.4 Å². The molecule has 4 saturated carbocycles. The van der Waals surface area contributed by atoms with Gasteiger partial charge in [-0.25, -0.2) is 9.59 Å². The van der Waals surface area contributed by atoms with Crippen molar-refractivity contribution in [1.82, 2.24) is 0 Å². The van der Waals surface area contributed by atoms with Crippen LogP contribution in [0.25, 0.3) is 0 Å². The molecular weight excluding hydrogens is 1100 g/mol. The predicted octanol–water partition coefficient (Wildman–Crippen LogP) is -1.37. The number of carboxylic acid groups (broad SMARTS) is 1. The number of ether oxygens (including phenoxy) is 9. The summed E-state index contributed by atoms with van der Waals surface area (Å²) in [5.74, 6) is -2.45. The van der Waals surface area contributed by atoms with Crippen LogP contribution in [0, 0.1) is 50.2 Å². The number of carboxylic acids is 1. The third-order valence-corrected chi connectivity index (χ3v) is 22.1. The van der Waals surface area contributed by atoms with Gasteiger partial charge in [-0.3, -0.25) is 0 Å². The van der Waals surface area contributed by atoms with Crippen molar-refractivity contribution in [3.8, 4) is 0 Å². The van der Waals surface area contributed by atoms with Crippen molar-refractivity contribution in [1.29, 1.82) is 0 Å². The minimum Gasteiger partial charge on any atom is -0.479 e. The van der Waals surface area contributed by atoms with E-state index in [0.717, 1.165) is 6.42 Å². The number of allylic oxidation sites excluding steroid dienone is 3. The lowest BCUT2D eigenvalue weighted by Crippen LogP contribution is -2.70. The second-order valence-electron chi connectivity index (χ2n) is 27.5. The highest BCUT2D eigenvalue weighted by atomic mass is 16.8. The summed E-state index contributed by atoms with van der Waals surface area (Å²) in [4.78, 5) is 26.8. The summed E-state index contributed by atoms with van der Waals surface area (Å²) in [5.41, 5.74) is -1.80. The zero-order valence-corrected chi connectivity index (χ0v) is 48.8. The molecule has 83 heavy (non-hydrogen) atoms. The van der Waals surface area contributed by atoms with Crippen molar-refractivity contribution in [3.05, 3.63) is 23.3 Å². The van der Waals surface area contributed by atoms with Crippen LogP contribution >= 0.6 is 0 Å². The zero-order valence-electron chi connectivity index (χ0n) is 48.8. The van der Waals surface area contributed by atoms with Crippen molar-refractivity contribution in [2.45, 2.75) is 249 Å². The quantitative estimate of drug-likeness (QED) is 0.0413. The van der Waals surface area contributed by atoms with E-state index in [1.165, 1.54) is 5.57 Å². The molecule has 0 aromatic heterocycles. The molecule has 25 nitrogen and oxygen atoms in total. The fraction of sp³-hybridized carbons (Fsp3) is 0.897. The molecule has 4 saturated heterocycles. The molecule has 0 radical (unpaired) electrons. The Morgan fingerprint density at radius 3 is 1.77 bits per heavy atom. The van der Waals surface area contributed by atoms with Gasteiger partial charge >= 0.3 is 11.9 Å². The van der Waals surface area contributed by atoms with E-state index in [1.54, 1.807) is 19.9 Å². The van der Waals surface area contributed by atoms with E-state index in [9.17, 15) is 81.1 Å². The number of aliphatic hydroxyl groups excluding tert-OH is 13. The van der Waals surface area contributed by atoms with Gasteiger partial charge in [-0.05, 0) is 110 Å². The molecule has 4 heterocycles. The predicted molar refractivity (Wildman–Crippen MR) is 283 cm³/mol. The molecule has 29 atom stereocenters. The molecule has 4 aliphatic heterocycles. The number of hydrogen-bond acceptors (Lipinski definition) is 24. The molecule has 8 fully saturated rings. The zero-order chi connectivity index (χ0) is 61.0. The smallest absolute Gasteiger partial charge is 0.335 e. The van der Waals surface area contributed by atoms with Crippen LogP contribution < -0.4 is 0 Å². The van der Waals surface area contributed by atoms with Gasteiger partial charge in [0.2, 0.25) is 0 Å². The molecule has 0 amide bonds. The van der Waals surface area contributed by atoms with Crippen LogP contribution in [-0.4, -0.2) is 245 Å². The van der Waals surface area contributed by atoms with E-state index in [2.05, 4.69) is 54.5 Å². The fourth-order valence-corrected chi connectivity index (χ4v) is 17.1. The molecule has 25 heteroatoms. The SMILES string of the molecule is C/C=C(\C)C(=O)OC1CC(C)(C)CC2C3=CCC4C5(C)CCC(OC6OC(C(=O)O)C(OC7OCC(O)C(O)C7OC7OC(CO)C(O)C(O)C7O)C(O)C6OC6OC(CO)C(O)C(O)C6O)C(C)(C)C5CCC4(C)C3(C)CC(O)C12CO. The Hall–Kier alpha value is -2.42. The lowest BCUT2D eigenvalue weighted by molar-refractivity contribution is -0.396. The second-order valence-corrected chi connectivity index (χ2v) is 27.5. The first kappa shape index (κ1) is 65.0. The van der Waals surface area contributed by atoms with E-state index in [1.807, 2.05) is 0 Å². The van der Waals surface area contributed by atoms with Crippen molar-refractivity contribution in [2.24, 2.45) is 50.2 Å². The first-order valence-corrected chi connectivity index (χ1v) is 29.4. The maximum absolute atomic E-state index is 13.4. The number of carbonyl (C=O) groups is 2. The highest BCUT2D eigenvalue weighted by Gasteiger charge is 2.72. The van der Waals surface area contributed by atoms with Crippen molar-refractivity contribution >= 4 is 11.9 Å². The summed E-state index contributed by atoms with van der Waals surface area (Å²) in [6, 6.07) is 0. The maximum atomic E-state index is 13.4. The van der Waals surface area contributed by atoms with E-state index in [4.69, 9.17) is 42.6 Å². The molecule has 0 aromatic carbocycles. The Balaban J connectivity index is 1.00. The molecule has 0 aromatic rings. The van der Waals surface area contributed by atoms with Gasteiger partial charge in [0.05, 0.1) is 44.1 Å². The Morgan fingerprint density at radius 2 is 1.22 bits per heavy atom. The fourth-order valence-electron chi connectivity index (χ4n) is 17.1. The van der Waals surface area contributed by atoms with Gasteiger partial charge in [-0.15, -0.1) is 0 Å². The Labute approximate surface area is 483 Å². The maximum Gasteiger partial charge on any atom is 0.335 e. The average molecular weight is 1190 g/mol. The number of hydrogen-bond donors (Lipinski definition) is 14. The lowest BCUT2D eigenvalue weighted by atomic mass is 9.33. The first-order valence-electron chi connectivity index (χ1n) is 29.4. The Bertz CT molecular complexity index is 2380. The topological polar surface area (TPSA) is 400 Å². The van der Waals surface area contributed by atoms with Gasteiger partial charge in [0, 0.05) is 5.57 Å². The molecule has 0 bridgehead atoms. The first-order chi connectivity index (χ1) is 38.8. The minimum atomic E-state index is -2.16. The Morgan fingerprint density at radius 1 is 0.639 bits per heavy atom. The van der Waals surface area contributed by atoms with Crippen LogP contribution in [0.1, 0.15) is 114 Å². The number of fused-ring (bicyclic) bond motifs is 7. The normalized spacial score (nSPS) is 51.5. The van der Waals surface area contributed by atoms with E-state index >= 15 is 0 Å². The summed E-state index contributed by atoms with van der Waals surface area (Å²) < 4.78 is 54.4. The van der Waals surface area contributed by atoms with E-state index in [0.29, 0.717) is 50.5 Å². The molecule has 474 valence electrons. The molecular formula is C58H92O25. The van der Waals surface area contributed by atoms with Crippen molar-refractivity contribution in [3.63, 3.8) is 0 Å². The number of aliphatic hydroxyl groups is 13. The summed E-state index contributed by atoms with van der Waals surface area (Å²) in [6.45, 7) is 16.0. The highest BCUT2D eigenvalue weighted by Crippen LogP contribution is 2.76.